The van der Waals surface area contributed by atoms with Crippen LogP contribution in [0.25, 0.3) is 0 Å². The molecule has 0 saturated carbocycles. The van der Waals surface area contributed by atoms with Crippen molar-refractivity contribution in [1.82, 2.24) is 0 Å². The highest BCUT2D eigenvalue weighted by Crippen LogP contribution is 2.18. The number of ether oxygens (including phenoxy) is 2. The van der Waals surface area contributed by atoms with Gasteiger partial charge >= 0.3 is 11.9 Å². The summed E-state index contributed by atoms with van der Waals surface area (Å²) >= 11 is 0. The van der Waals surface area contributed by atoms with Gasteiger partial charge in [0.2, 0.25) is 0 Å². The van der Waals surface area contributed by atoms with E-state index >= 15 is 0 Å². The lowest BCUT2D eigenvalue weighted by atomic mass is 9.96. The molecule has 0 aromatic heterocycles. The quantitative estimate of drug-likeness (QED) is 0.233. The zero-order valence-corrected chi connectivity index (χ0v) is 15.2. The summed E-state index contributed by atoms with van der Waals surface area (Å²) in [6.45, 7) is 8.00. The highest BCUT2D eigenvalue weighted by atomic mass is 16.5. The van der Waals surface area contributed by atoms with Crippen molar-refractivity contribution < 1.29 is 24.2 Å². The Morgan fingerprint density at radius 2 is 1.69 bits per heavy atom. The van der Waals surface area contributed by atoms with Crippen molar-refractivity contribution in [3.05, 3.63) is 55.1 Å². The Morgan fingerprint density at radius 3 is 2.27 bits per heavy atom. The molecule has 0 spiro atoms. The molecule has 142 valence electrons. The molecule has 1 unspecified atom stereocenters. The van der Waals surface area contributed by atoms with Gasteiger partial charge in [0, 0.05) is 6.08 Å². The molecule has 0 amide bonds. The van der Waals surface area contributed by atoms with Gasteiger partial charge in [0.1, 0.15) is 5.75 Å². The van der Waals surface area contributed by atoms with E-state index in [1.54, 1.807) is 6.08 Å². The summed E-state index contributed by atoms with van der Waals surface area (Å²) in [7, 11) is 0. The zero-order valence-electron chi connectivity index (χ0n) is 15.2. The van der Waals surface area contributed by atoms with E-state index in [-0.39, 0.29) is 5.97 Å². The Labute approximate surface area is 155 Å². The molecular formula is C21H28O5. The topological polar surface area (TPSA) is 72.8 Å². The van der Waals surface area contributed by atoms with Gasteiger partial charge in [-0.3, -0.25) is 4.79 Å². The molecule has 5 heteroatoms. The van der Waals surface area contributed by atoms with Crippen LogP contribution in [-0.4, -0.2) is 30.3 Å². The van der Waals surface area contributed by atoms with E-state index in [9.17, 15) is 14.7 Å². The monoisotopic (exact) mass is 360 g/mol. The maximum atomic E-state index is 11.2. The van der Waals surface area contributed by atoms with Crippen LogP contribution in [-0.2, 0) is 20.7 Å². The third-order valence-electron chi connectivity index (χ3n) is 3.92. The average molecular weight is 360 g/mol. The Bertz CT molecular complexity index is 577. The molecule has 26 heavy (non-hydrogen) atoms. The van der Waals surface area contributed by atoms with Crippen LogP contribution in [0.3, 0.4) is 0 Å². The predicted octanol–water partition coefficient (Wildman–Crippen LogP) is 4.17. The van der Waals surface area contributed by atoms with Crippen molar-refractivity contribution in [3.8, 4) is 5.75 Å². The molecule has 0 fully saturated rings. The first-order chi connectivity index (χ1) is 12.6. The van der Waals surface area contributed by atoms with Gasteiger partial charge in [0.05, 0.1) is 19.1 Å². The summed E-state index contributed by atoms with van der Waals surface area (Å²) < 4.78 is 10.6. The van der Waals surface area contributed by atoms with E-state index in [0.717, 1.165) is 37.0 Å². The molecule has 0 saturated heterocycles. The van der Waals surface area contributed by atoms with Crippen LogP contribution >= 0.6 is 0 Å². The number of aliphatic carboxylic acids is 1. The fourth-order valence-corrected chi connectivity index (χ4v) is 2.46. The minimum Gasteiger partial charge on any atom is -0.494 e. The molecule has 0 bridgehead atoms. The summed E-state index contributed by atoms with van der Waals surface area (Å²) in [5.41, 5.74) is 0.973. The van der Waals surface area contributed by atoms with Crippen LogP contribution < -0.4 is 4.74 Å². The summed E-state index contributed by atoms with van der Waals surface area (Å²) in [5.74, 6) is -0.838. The highest BCUT2D eigenvalue weighted by molar-refractivity contribution is 5.81. The normalized spacial score (nSPS) is 11.4. The van der Waals surface area contributed by atoms with Crippen LogP contribution in [0.2, 0.25) is 0 Å². The van der Waals surface area contributed by atoms with Crippen LogP contribution in [0.4, 0.5) is 0 Å². The van der Waals surface area contributed by atoms with E-state index in [0.29, 0.717) is 26.1 Å². The SMILES string of the molecule is C=CCC(Cc1ccc(OCCCCCCOC(=O)C=C)cc1)C(=O)O. The first-order valence-corrected chi connectivity index (χ1v) is 8.91. The molecule has 1 aromatic rings. The number of carboxylic acid groups (broad SMARTS) is 1. The van der Waals surface area contributed by atoms with Crippen molar-refractivity contribution in [2.24, 2.45) is 5.92 Å². The van der Waals surface area contributed by atoms with Crippen LogP contribution in [0.5, 0.6) is 5.75 Å². The molecule has 0 radical (unpaired) electrons. The highest BCUT2D eigenvalue weighted by Gasteiger charge is 2.16. The van der Waals surface area contributed by atoms with Gasteiger partial charge in [0.25, 0.3) is 0 Å². The van der Waals surface area contributed by atoms with E-state index in [4.69, 9.17) is 9.47 Å². The lowest BCUT2D eigenvalue weighted by Gasteiger charge is -2.11. The fraction of sp³-hybridized carbons (Fsp3) is 0.429. The summed E-state index contributed by atoms with van der Waals surface area (Å²) in [4.78, 5) is 22.0. The molecule has 0 aliphatic heterocycles. The number of carbonyl (C=O) groups excluding carboxylic acids is 1. The number of carbonyl (C=O) groups is 2. The molecule has 1 aromatic carbocycles. The number of allylic oxidation sites excluding steroid dienone is 1. The molecule has 1 N–H and O–H groups in total. The summed E-state index contributed by atoms with van der Waals surface area (Å²) in [5, 5.41) is 9.18. The average Bonchev–Trinajstić information content (AvgIpc) is 2.64. The summed E-state index contributed by atoms with van der Waals surface area (Å²) in [6, 6.07) is 7.55. The Kier molecular flexibility index (Phi) is 10.5. The fourth-order valence-electron chi connectivity index (χ4n) is 2.46. The van der Waals surface area contributed by atoms with Crippen molar-refractivity contribution >= 4 is 11.9 Å². The van der Waals surface area contributed by atoms with Crippen molar-refractivity contribution in [3.63, 3.8) is 0 Å². The third-order valence-corrected chi connectivity index (χ3v) is 3.92. The maximum absolute atomic E-state index is 11.2. The van der Waals surface area contributed by atoms with Gasteiger partial charge in [-0.15, -0.1) is 6.58 Å². The maximum Gasteiger partial charge on any atom is 0.330 e. The van der Waals surface area contributed by atoms with Crippen molar-refractivity contribution in [1.29, 1.82) is 0 Å². The van der Waals surface area contributed by atoms with Gasteiger partial charge in [-0.25, -0.2) is 4.79 Å². The number of carboxylic acids is 1. The first kappa shape index (κ1) is 21.5. The van der Waals surface area contributed by atoms with Crippen molar-refractivity contribution in [2.75, 3.05) is 13.2 Å². The van der Waals surface area contributed by atoms with E-state index in [1.807, 2.05) is 24.3 Å². The minimum atomic E-state index is -0.801. The van der Waals surface area contributed by atoms with E-state index in [1.165, 1.54) is 6.08 Å². The number of benzene rings is 1. The van der Waals surface area contributed by atoms with E-state index in [2.05, 4.69) is 13.2 Å². The van der Waals surface area contributed by atoms with Crippen molar-refractivity contribution in [2.45, 2.75) is 38.5 Å². The number of esters is 1. The standard InChI is InChI=1S/C21H28O5/c1-3-9-18(21(23)24)16-17-10-12-19(13-11-17)25-14-7-5-6-8-15-26-20(22)4-2/h3-4,10-13,18H,1-2,5-9,14-16H2,(H,23,24). The van der Waals surface area contributed by atoms with Gasteiger partial charge in [0.15, 0.2) is 0 Å². The predicted molar refractivity (Wildman–Crippen MR) is 101 cm³/mol. The van der Waals surface area contributed by atoms with Crippen LogP contribution in [0.15, 0.2) is 49.6 Å². The van der Waals surface area contributed by atoms with Gasteiger partial charge < -0.3 is 14.6 Å². The number of hydrogen-bond acceptors (Lipinski definition) is 4. The molecule has 1 atom stereocenters. The lowest BCUT2D eigenvalue weighted by Crippen LogP contribution is -2.15. The number of unbranched alkanes of at least 4 members (excludes halogenated alkanes) is 3. The number of rotatable bonds is 14. The van der Waals surface area contributed by atoms with Gasteiger partial charge in [-0.2, -0.15) is 0 Å². The molecule has 0 aliphatic rings. The molecule has 0 aliphatic carbocycles. The van der Waals surface area contributed by atoms with Crippen LogP contribution in [0.1, 0.15) is 37.7 Å². The number of hydrogen-bond donors (Lipinski definition) is 1. The second kappa shape index (κ2) is 12.8. The molecule has 5 nitrogen and oxygen atoms in total. The largest absolute Gasteiger partial charge is 0.494 e. The van der Waals surface area contributed by atoms with Gasteiger partial charge in [-0.05, 0) is 56.2 Å². The molecule has 1 rings (SSSR count). The third kappa shape index (κ3) is 9.06. The Hall–Kier alpha value is -2.56. The summed E-state index contributed by atoms with van der Waals surface area (Å²) in [6.07, 6.45) is 7.50. The smallest absolute Gasteiger partial charge is 0.330 e. The van der Waals surface area contributed by atoms with E-state index < -0.39 is 11.9 Å². The second-order valence-electron chi connectivity index (χ2n) is 6.04. The lowest BCUT2D eigenvalue weighted by molar-refractivity contribution is -0.141. The minimum absolute atomic E-state index is 0.379. The first-order valence-electron chi connectivity index (χ1n) is 8.91. The Morgan fingerprint density at radius 1 is 1.04 bits per heavy atom. The second-order valence-corrected chi connectivity index (χ2v) is 6.04. The van der Waals surface area contributed by atoms with Crippen LogP contribution in [0, 0.1) is 5.92 Å². The molecule has 0 heterocycles. The molecular weight excluding hydrogens is 332 g/mol. The van der Waals surface area contributed by atoms with Gasteiger partial charge in [-0.1, -0.05) is 24.8 Å². The Balaban J connectivity index is 2.20. The zero-order chi connectivity index (χ0) is 19.2.